The van der Waals surface area contributed by atoms with Gasteiger partial charge >= 0.3 is 0 Å². The quantitative estimate of drug-likeness (QED) is 0.367. The van der Waals surface area contributed by atoms with Gasteiger partial charge in [-0.2, -0.15) is 0 Å². The Morgan fingerprint density at radius 3 is 2.84 bits per heavy atom. The van der Waals surface area contributed by atoms with Crippen molar-refractivity contribution in [1.82, 2.24) is 14.9 Å². The molecule has 4 heterocycles. The van der Waals surface area contributed by atoms with E-state index in [4.69, 9.17) is 9.15 Å². The normalized spacial score (nSPS) is 23.5. The highest BCUT2D eigenvalue weighted by Crippen LogP contribution is 2.48. The van der Waals surface area contributed by atoms with Gasteiger partial charge in [0.2, 0.25) is 5.71 Å². The number of anilines is 1. The number of aromatic nitrogens is 2. The summed E-state index contributed by atoms with van der Waals surface area (Å²) in [4.78, 5) is 24.5. The number of rotatable bonds is 3. The van der Waals surface area contributed by atoms with Gasteiger partial charge in [-0.25, -0.2) is 9.97 Å². The molecule has 1 aromatic carbocycles. The van der Waals surface area contributed by atoms with Gasteiger partial charge < -0.3 is 14.1 Å². The number of halogens is 1. The lowest BCUT2D eigenvalue weighted by molar-refractivity contribution is -0.0283. The minimum atomic E-state index is -0.407. The summed E-state index contributed by atoms with van der Waals surface area (Å²) in [7, 11) is 0. The fraction of sp³-hybridized carbons (Fsp3) is 0.435. The van der Waals surface area contributed by atoms with E-state index in [0.29, 0.717) is 42.1 Å². The molecule has 160 valence electrons. The Bertz CT molecular complexity index is 1220. The molecule has 31 heavy (non-hydrogen) atoms. The van der Waals surface area contributed by atoms with Crippen molar-refractivity contribution in [3.8, 4) is 0 Å². The molecule has 1 aliphatic carbocycles. The first-order chi connectivity index (χ1) is 14.9. The van der Waals surface area contributed by atoms with E-state index in [2.05, 4.69) is 55.0 Å². The fourth-order valence-corrected chi connectivity index (χ4v) is 5.75. The molecule has 3 aliphatic rings. The summed E-state index contributed by atoms with van der Waals surface area (Å²) >= 11 is 2.30. The molecule has 1 amide bonds. The first-order valence-corrected chi connectivity index (χ1v) is 11.6. The Morgan fingerprint density at radius 1 is 1.23 bits per heavy atom. The van der Waals surface area contributed by atoms with Gasteiger partial charge in [-0.1, -0.05) is 24.3 Å². The van der Waals surface area contributed by atoms with Crippen molar-refractivity contribution >= 4 is 45.7 Å². The number of benzene rings is 1. The lowest BCUT2D eigenvalue weighted by Crippen LogP contribution is -2.34. The highest BCUT2D eigenvalue weighted by atomic mass is 127. The second-order valence-electron chi connectivity index (χ2n) is 9.11. The van der Waals surface area contributed by atoms with Crippen molar-refractivity contribution in [2.75, 3.05) is 16.2 Å². The van der Waals surface area contributed by atoms with Crippen LogP contribution in [0.25, 0.3) is 11.1 Å². The Hall–Kier alpha value is -2.20. The number of carbonyl (C=O) groups excluding carboxylic acids is 1. The predicted molar refractivity (Wildman–Crippen MR) is 124 cm³/mol. The molecule has 1 saturated heterocycles. The number of amides is 1. The summed E-state index contributed by atoms with van der Waals surface area (Å²) in [6.45, 7) is 5.84. The maximum absolute atomic E-state index is 13.8. The molecule has 0 N–H and O–H groups in total. The zero-order valence-corrected chi connectivity index (χ0v) is 19.7. The van der Waals surface area contributed by atoms with E-state index in [1.165, 1.54) is 17.5 Å². The lowest BCUT2D eigenvalue weighted by atomic mass is 9.92. The summed E-state index contributed by atoms with van der Waals surface area (Å²) in [6, 6.07) is 8.33. The van der Waals surface area contributed by atoms with Crippen LogP contribution in [-0.2, 0) is 16.9 Å². The number of hydrogen-bond acceptors (Lipinski definition) is 6. The van der Waals surface area contributed by atoms with Crippen molar-refractivity contribution in [1.29, 1.82) is 0 Å². The number of likely N-dealkylation sites (tertiary alicyclic amines) is 1. The summed E-state index contributed by atoms with van der Waals surface area (Å²) in [5.74, 6) is 1.30. The molecule has 7 nitrogen and oxygen atoms in total. The molecule has 2 aromatic heterocycles. The zero-order chi connectivity index (χ0) is 21.4. The molecule has 1 spiro atoms. The van der Waals surface area contributed by atoms with E-state index < -0.39 is 5.60 Å². The van der Waals surface area contributed by atoms with Crippen LogP contribution >= 0.6 is 22.9 Å². The molecule has 2 aliphatic heterocycles. The number of fused-ring (bicyclic) bond motifs is 3. The summed E-state index contributed by atoms with van der Waals surface area (Å²) in [6.07, 6.45) is 4.52. The van der Waals surface area contributed by atoms with Gasteiger partial charge in [-0.3, -0.25) is 7.91 Å². The molecule has 2 fully saturated rings. The molecular weight excluding hydrogens is 507 g/mol. The van der Waals surface area contributed by atoms with Crippen molar-refractivity contribution in [2.45, 2.75) is 50.9 Å². The van der Waals surface area contributed by atoms with Crippen LogP contribution < -0.4 is 3.11 Å². The average molecular weight is 530 g/mol. The first kappa shape index (κ1) is 19.5. The number of hydrogen-bond donors (Lipinski definition) is 0. The molecule has 6 rings (SSSR count). The van der Waals surface area contributed by atoms with Gasteiger partial charge in [-0.05, 0) is 44.2 Å². The number of ether oxygens (including phenoxy) is 1. The zero-order valence-electron chi connectivity index (χ0n) is 17.5. The first-order valence-electron chi connectivity index (χ1n) is 10.6. The standard InChI is InChI=1S/C23H23IN4O3/c1-14-17(18-19(25-13-26-20(18)31-14)28(24)22(2)7-8-22)21(29)27-10-9-23(12-27)16-6-4-3-5-15(16)11-30-23/h3-6,13H,7-12H2,1-2H3. The number of aryl methyl sites for hydroxylation is 1. The van der Waals surface area contributed by atoms with Gasteiger partial charge in [0.15, 0.2) is 5.82 Å². The third kappa shape index (κ3) is 2.83. The number of carbonyl (C=O) groups is 1. The monoisotopic (exact) mass is 530 g/mol. The maximum atomic E-state index is 13.8. The van der Waals surface area contributed by atoms with Gasteiger partial charge in [0.25, 0.3) is 5.91 Å². The van der Waals surface area contributed by atoms with Crippen molar-refractivity contribution in [2.24, 2.45) is 0 Å². The molecule has 8 heteroatoms. The van der Waals surface area contributed by atoms with Crippen LogP contribution in [0.5, 0.6) is 0 Å². The second-order valence-corrected chi connectivity index (χ2v) is 10.1. The number of nitrogens with zero attached hydrogens (tertiary/aromatic N) is 4. The Kier molecular flexibility index (Phi) is 4.18. The van der Waals surface area contributed by atoms with E-state index in [9.17, 15) is 4.79 Å². The van der Waals surface area contributed by atoms with Crippen molar-refractivity contribution in [3.63, 3.8) is 0 Å². The Morgan fingerprint density at radius 2 is 2.03 bits per heavy atom. The minimum absolute atomic E-state index is 0.0390. The van der Waals surface area contributed by atoms with E-state index in [-0.39, 0.29) is 11.4 Å². The smallest absolute Gasteiger partial charge is 0.258 e. The van der Waals surface area contributed by atoms with Gasteiger partial charge in [0.05, 0.1) is 47.0 Å². The topological polar surface area (TPSA) is 71.7 Å². The molecule has 1 atom stereocenters. The van der Waals surface area contributed by atoms with Crippen LogP contribution in [0, 0.1) is 6.92 Å². The molecule has 1 saturated carbocycles. The molecule has 1 unspecified atom stereocenters. The predicted octanol–water partition coefficient (Wildman–Crippen LogP) is 4.51. The van der Waals surface area contributed by atoms with Crippen LogP contribution in [0.15, 0.2) is 35.0 Å². The van der Waals surface area contributed by atoms with Gasteiger partial charge in [-0.15, -0.1) is 0 Å². The highest BCUT2D eigenvalue weighted by Gasteiger charge is 2.48. The van der Waals surface area contributed by atoms with Gasteiger partial charge in [0.1, 0.15) is 17.7 Å². The fourth-order valence-electron chi connectivity index (χ4n) is 4.90. The third-order valence-corrected chi connectivity index (χ3v) is 8.64. The maximum Gasteiger partial charge on any atom is 0.258 e. The van der Waals surface area contributed by atoms with Crippen LogP contribution in [0.3, 0.4) is 0 Å². The summed E-state index contributed by atoms with van der Waals surface area (Å²) < 4.78 is 14.3. The highest BCUT2D eigenvalue weighted by molar-refractivity contribution is 14.1. The molecular formula is C23H23IN4O3. The molecule has 0 bridgehead atoms. The average Bonchev–Trinajstić information content (AvgIpc) is 3.14. The molecule has 0 radical (unpaired) electrons. The molecule has 3 aromatic rings. The van der Waals surface area contributed by atoms with Gasteiger partial charge in [0, 0.05) is 12.1 Å². The lowest BCUT2D eigenvalue weighted by Gasteiger charge is -2.25. The van der Waals surface area contributed by atoms with E-state index in [0.717, 1.165) is 25.1 Å². The summed E-state index contributed by atoms with van der Waals surface area (Å²) in [5, 5.41) is 0.709. The largest absolute Gasteiger partial charge is 0.442 e. The van der Waals surface area contributed by atoms with Crippen molar-refractivity contribution < 1.29 is 13.9 Å². The van der Waals surface area contributed by atoms with Crippen LogP contribution in [0.1, 0.15) is 53.4 Å². The van der Waals surface area contributed by atoms with E-state index >= 15 is 0 Å². The Balaban J connectivity index is 1.38. The SMILES string of the molecule is Cc1oc2ncnc(N(I)C3(C)CC3)c2c1C(=O)N1CCC2(C1)OCc1ccccc12. The van der Waals surface area contributed by atoms with Crippen molar-refractivity contribution in [3.05, 3.63) is 53.0 Å². The van der Waals surface area contributed by atoms with Crippen LogP contribution in [-0.4, -0.2) is 39.4 Å². The Labute approximate surface area is 194 Å². The minimum Gasteiger partial charge on any atom is -0.442 e. The van der Waals surface area contributed by atoms with E-state index in [1.807, 2.05) is 24.0 Å². The third-order valence-electron chi connectivity index (χ3n) is 7.02. The van der Waals surface area contributed by atoms with Crippen LogP contribution in [0.2, 0.25) is 0 Å². The summed E-state index contributed by atoms with van der Waals surface area (Å²) in [5.41, 5.74) is 3.12. The second kappa shape index (κ2) is 6.65. The van der Waals surface area contributed by atoms with E-state index in [1.54, 1.807) is 0 Å². The van der Waals surface area contributed by atoms with Crippen LogP contribution in [0.4, 0.5) is 5.82 Å². The number of furan rings is 1.